The zero-order chi connectivity index (χ0) is 13.0. The normalized spacial score (nSPS) is 16.9. The van der Waals surface area contributed by atoms with Crippen molar-refractivity contribution in [3.05, 3.63) is 23.2 Å². The minimum absolute atomic E-state index is 0.0100. The van der Waals surface area contributed by atoms with Gasteiger partial charge in [0.05, 0.1) is 5.02 Å². The molecule has 100 valence electrons. The second-order valence-corrected chi connectivity index (χ2v) is 4.46. The summed E-state index contributed by atoms with van der Waals surface area (Å²) in [6, 6.07) is 5.04. The van der Waals surface area contributed by atoms with Crippen molar-refractivity contribution in [1.82, 2.24) is 0 Å². The van der Waals surface area contributed by atoms with Crippen molar-refractivity contribution in [3.63, 3.8) is 0 Å². The Balaban J connectivity index is 1.99. The summed E-state index contributed by atoms with van der Waals surface area (Å²) in [5.41, 5.74) is 0.800. The quantitative estimate of drug-likeness (QED) is 0.913. The first-order chi connectivity index (χ1) is 8.65. The second kappa shape index (κ2) is 6.20. The highest BCUT2D eigenvalue weighted by molar-refractivity contribution is 6.32. The van der Waals surface area contributed by atoms with Crippen LogP contribution in [0.5, 0.6) is 5.75 Å². The van der Waals surface area contributed by atoms with E-state index in [0.29, 0.717) is 6.04 Å². The lowest BCUT2D eigenvalue weighted by atomic mass is 10.1. The molecule has 0 spiro atoms. The van der Waals surface area contributed by atoms with Crippen molar-refractivity contribution in [1.29, 1.82) is 0 Å². The van der Waals surface area contributed by atoms with Gasteiger partial charge in [0.15, 0.2) is 0 Å². The fourth-order valence-electron chi connectivity index (χ4n) is 1.86. The van der Waals surface area contributed by atoms with E-state index in [1.807, 2.05) is 0 Å². The molecule has 1 aromatic rings. The highest BCUT2D eigenvalue weighted by atomic mass is 35.5. The Kier molecular flexibility index (Phi) is 4.60. The number of benzene rings is 1. The molecule has 1 aromatic carbocycles. The molecule has 1 aliphatic heterocycles. The van der Waals surface area contributed by atoms with Crippen molar-refractivity contribution in [3.8, 4) is 5.75 Å². The summed E-state index contributed by atoms with van der Waals surface area (Å²) in [6.07, 6.45) is 1.85. The van der Waals surface area contributed by atoms with Gasteiger partial charge in [-0.15, -0.1) is 0 Å². The zero-order valence-electron chi connectivity index (χ0n) is 9.67. The van der Waals surface area contributed by atoms with Crippen LogP contribution >= 0.6 is 11.6 Å². The first kappa shape index (κ1) is 13.4. The molecular formula is C12H14ClF2NO2. The lowest BCUT2D eigenvalue weighted by molar-refractivity contribution is -0.0497. The second-order valence-electron chi connectivity index (χ2n) is 4.05. The summed E-state index contributed by atoms with van der Waals surface area (Å²) < 4.78 is 33.7. The molecule has 0 aromatic heterocycles. The van der Waals surface area contributed by atoms with E-state index in [9.17, 15) is 8.78 Å². The van der Waals surface area contributed by atoms with Gasteiger partial charge in [-0.1, -0.05) is 11.6 Å². The summed E-state index contributed by atoms with van der Waals surface area (Å²) >= 11 is 5.87. The van der Waals surface area contributed by atoms with Gasteiger partial charge in [0, 0.05) is 24.9 Å². The molecule has 0 unspecified atom stereocenters. The van der Waals surface area contributed by atoms with E-state index in [-0.39, 0.29) is 10.8 Å². The van der Waals surface area contributed by atoms with Gasteiger partial charge >= 0.3 is 6.61 Å². The van der Waals surface area contributed by atoms with E-state index < -0.39 is 6.61 Å². The third-order valence-corrected chi connectivity index (χ3v) is 3.04. The molecule has 1 heterocycles. The van der Waals surface area contributed by atoms with Crippen LogP contribution in [-0.2, 0) is 4.74 Å². The summed E-state index contributed by atoms with van der Waals surface area (Å²) in [5, 5.41) is 3.47. The molecule has 0 bridgehead atoms. The number of alkyl halides is 2. The molecule has 0 radical (unpaired) electrons. The van der Waals surface area contributed by atoms with Crippen LogP contribution < -0.4 is 10.1 Å². The molecule has 18 heavy (non-hydrogen) atoms. The standard InChI is InChI=1S/C12H14ClF2NO2/c13-10-7-9(1-2-11(10)18-12(14)15)16-8-3-5-17-6-4-8/h1-2,7-8,12,16H,3-6H2. The first-order valence-corrected chi connectivity index (χ1v) is 6.11. The average molecular weight is 278 g/mol. The van der Waals surface area contributed by atoms with Gasteiger partial charge in [-0.25, -0.2) is 0 Å². The number of ether oxygens (including phenoxy) is 2. The zero-order valence-corrected chi connectivity index (χ0v) is 10.4. The van der Waals surface area contributed by atoms with Gasteiger partial charge in [-0.05, 0) is 31.0 Å². The first-order valence-electron chi connectivity index (χ1n) is 5.74. The van der Waals surface area contributed by atoms with Gasteiger partial charge in [0.2, 0.25) is 0 Å². The van der Waals surface area contributed by atoms with Crippen LogP contribution in [0, 0.1) is 0 Å². The molecule has 1 N–H and O–H groups in total. The van der Waals surface area contributed by atoms with E-state index in [0.717, 1.165) is 31.7 Å². The van der Waals surface area contributed by atoms with Crippen molar-refractivity contribution in [2.45, 2.75) is 25.5 Å². The Hall–Kier alpha value is -1.07. The van der Waals surface area contributed by atoms with E-state index in [4.69, 9.17) is 16.3 Å². The minimum Gasteiger partial charge on any atom is -0.433 e. The molecule has 0 aliphatic carbocycles. The van der Waals surface area contributed by atoms with Gasteiger partial charge in [-0.2, -0.15) is 8.78 Å². The number of nitrogens with one attached hydrogen (secondary N) is 1. The molecular weight excluding hydrogens is 264 g/mol. The smallest absolute Gasteiger partial charge is 0.387 e. The Labute approximate surface area is 109 Å². The topological polar surface area (TPSA) is 30.5 Å². The van der Waals surface area contributed by atoms with Crippen LogP contribution in [0.15, 0.2) is 18.2 Å². The Morgan fingerprint density at radius 1 is 1.33 bits per heavy atom. The van der Waals surface area contributed by atoms with Crippen LogP contribution in [0.25, 0.3) is 0 Å². The fraction of sp³-hybridized carbons (Fsp3) is 0.500. The SMILES string of the molecule is FC(F)Oc1ccc(NC2CCOCC2)cc1Cl. The number of anilines is 1. The molecule has 3 nitrogen and oxygen atoms in total. The molecule has 0 saturated carbocycles. The van der Waals surface area contributed by atoms with Gasteiger partial charge in [0.25, 0.3) is 0 Å². The van der Waals surface area contributed by atoms with E-state index in [1.54, 1.807) is 12.1 Å². The van der Waals surface area contributed by atoms with Crippen molar-refractivity contribution in [2.75, 3.05) is 18.5 Å². The Bertz CT molecular complexity index is 398. The predicted octanol–water partition coefficient (Wildman–Crippen LogP) is 3.53. The van der Waals surface area contributed by atoms with Crippen molar-refractivity contribution >= 4 is 17.3 Å². The average Bonchev–Trinajstić information content (AvgIpc) is 2.33. The molecule has 0 atom stereocenters. The molecule has 6 heteroatoms. The van der Waals surface area contributed by atoms with E-state index in [1.165, 1.54) is 6.07 Å². The maximum Gasteiger partial charge on any atom is 0.387 e. The third kappa shape index (κ3) is 3.71. The molecule has 0 amide bonds. The van der Waals surface area contributed by atoms with Crippen LogP contribution in [0.2, 0.25) is 5.02 Å². The van der Waals surface area contributed by atoms with E-state index in [2.05, 4.69) is 10.1 Å². The van der Waals surface area contributed by atoms with E-state index >= 15 is 0 Å². The summed E-state index contributed by atoms with van der Waals surface area (Å²) in [6.45, 7) is -1.40. The van der Waals surface area contributed by atoms with Gasteiger partial charge < -0.3 is 14.8 Å². The molecule has 1 saturated heterocycles. The monoisotopic (exact) mass is 277 g/mol. The largest absolute Gasteiger partial charge is 0.433 e. The van der Waals surface area contributed by atoms with Crippen LogP contribution in [0.1, 0.15) is 12.8 Å². The fourth-order valence-corrected chi connectivity index (χ4v) is 2.08. The maximum absolute atomic E-state index is 12.1. The maximum atomic E-state index is 12.1. The highest BCUT2D eigenvalue weighted by Gasteiger charge is 2.14. The summed E-state index contributed by atoms with van der Waals surface area (Å²) in [7, 11) is 0. The number of rotatable bonds is 4. The Morgan fingerprint density at radius 2 is 2.06 bits per heavy atom. The lowest BCUT2D eigenvalue weighted by Crippen LogP contribution is -2.27. The van der Waals surface area contributed by atoms with Crippen LogP contribution in [0.3, 0.4) is 0 Å². The van der Waals surface area contributed by atoms with Gasteiger partial charge in [0.1, 0.15) is 5.75 Å². The van der Waals surface area contributed by atoms with Crippen LogP contribution in [0.4, 0.5) is 14.5 Å². The summed E-state index contributed by atoms with van der Waals surface area (Å²) in [4.78, 5) is 0. The lowest BCUT2D eigenvalue weighted by Gasteiger charge is -2.24. The summed E-state index contributed by atoms with van der Waals surface area (Å²) in [5.74, 6) is -0.0100. The highest BCUT2D eigenvalue weighted by Crippen LogP contribution is 2.29. The third-order valence-electron chi connectivity index (χ3n) is 2.74. The molecule has 2 rings (SSSR count). The van der Waals surface area contributed by atoms with Gasteiger partial charge in [-0.3, -0.25) is 0 Å². The minimum atomic E-state index is -2.86. The number of hydrogen-bond donors (Lipinski definition) is 1. The molecule has 1 aliphatic rings. The van der Waals surface area contributed by atoms with Crippen LogP contribution in [-0.4, -0.2) is 25.9 Å². The number of hydrogen-bond acceptors (Lipinski definition) is 3. The van der Waals surface area contributed by atoms with Crippen molar-refractivity contribution < 1.29 is 18.3 Å². The van der Waals surface area contributed by atoms with Crippen molar-refractivity contribution in [2.24, 2.45) is 0 Å². The number of halogens is 3. The Morgan fingerprint density at radius 3 is 2.67 bits per heavy atom. The predicted molar refractivity (Wildman–Crippen MR) is 65.5 cm³/mol. The molecule has 1 fully saturated rings.